The van der Waals surface area contributed by atoms with E-state index in [2.05, 4.69) is 11.8 Å². The molecule has 18 heavy (non-hydrogen) atoms. The highest BCUT2D eigenvalue weighted by Gasteiger charge is 2.08. The SMILES string of the molecule is CCOc1ccccc1OCCN(C)C(C)CCl. The molecule has 0 heterocycles. The first kappa shape index (κ1) is 15.1. The second-order valence-electron chi connectivity index (χ2n) is 4.21. The van der Waals surface area contributed by atoms with Crippen LogP contribution in [0, 0.1) is 0 Å². The number of ether oxygens (including phenoxy) is 2. The van der Waals surface area contributed by atoms with Crippen molar-refractivity contribution in [2.75, 3.05) is 32.7 Å². The van der Waals surface area contributed by atoms with E-state index >= 15 is 0 Å². The molecule has 3 nitrogen and oxygen atoms in total. The Morgan fingerprint density at radius 3 is 2.39 bits per heavy atom. The van der Waals surface area contributed by atoms with Gasteiger partial charge in [-0.15, -0.1) is 11.6 Å². The van der Waals surface area contributed by atoms with Crippen LogP contribution in [0.4, 0.5) is 0 Å². The molecular weight excluding hydrogens is 250 g/mol. The molecule has 0 aliphatic rings. The number of nitrogens with zero attached hydrogens (tertiary/aromatic N) is 1. The fraction of sp³-hybridized carbons (Fsp3) is 0.571. The number of rotatable bonds is 8. The van der Waals surface area contributed by atoms with E-state index < -0.39 is 0 Å². The van der Waals surface area contributed by atoms with Crippen LogP contribution in [0.5, 0.6) is 11.5 Å². The number of hydrogen-bond donors (Lipinski definition) is 0. The van der Waals surface area contributed by atoms with Gasteiger partial charge in [0.05, 0.1) is 6.61 Å². The number of alkyl halides is 1. The van der Waals surface area contributed by atoms with Crippen LogP contribution in [-0.2, 0) is 0 Å². The summed E-state index contributed by atoms with van der Waals surface area (Å²) in [6.45, 7) is 6.17. The molecule has 0 aliphatic carbocycles. The number of para-hydroxylation sites is 2. The van der Waals surface area contributed by atoms with Crippen LogP contribution in [-0.4, -0.2) is 43.6 Å². The van der Waals surface area contributed by atoms with Gasteiger partial charge in [-0.25, -0.2) is 0 Å². The summed E-state index contributed by atoms with van der Waals surface area (Å²) in [7, 11) is 2.05. The Kier molecular flexibility index (Phi) is 6.91. The van der Waals surface area contributed by atoms with Crippen molar-refractivity contribution >= 4 is 11.6 Å². The maximum atomic E-state index is 5.81. The molecule has 1 rings (SSSR count). The maximum Gasteiger partial charge on any atom is 0.161 e. The Bertz CT molecular complexity index is 346. The highest BCUT2D eigenvalue weighted by atomic mass is 35.5. The zero-order valence-electron chi connectivity index (χ0n) is 11.4. The van der Waals surface area contributed by atoms with E-state index in [0.29, 0.717) is 25.1 Å². The minimum absolute atomic E-state index is 0.359. The molecule has 1 aromatic rings. The molecule has 0 radical (unpaired) electrons. The van der Waals surface area contributed by atoms with Crippen LogP contribution < -0.4 is 9.47 Å². The monoisotopic (exact) mass is 271 g/mol. The van der Waals surface area contributed by atoms with Gasteiger partial charge in [0.15, 0.2) is 11.5 Å². The number of benzene rings is 1. The average Bonchev–Trinajstić information content (AvgIpc) is 2.40. The first-order valence-electron chi connectivity index (χ1n) is 6.29. The first-order chi connectivity index (χ1) is 8.69. The summed E-state index contributed by atoms with van der Waals surface area (Å²) in [5.74, 6) is 2.23. The van der Waals surface area contributed by atoms with Crippen LogP contribution in [0.25, 0.3) is 0 Å². The molecule has 0 amide bonds. The van der Waals surface area contributed by atoms with Gasteiger partial charge in [-0.05, 0) is 33.0 Å². The molecule has 102 valence electrons. The Labute approximate surface area is 115 Å². The molecule has 0 saturated carbocycles. The van der Waals surface area contributed by atoms with E-state index in [1.807, 2.05) is 38.2 Å². The Hall–Kier alpha value is -0.930. The fourth-order valence-electron chi connectivity index (χ4n) is 1.48. The van der Waals surface area contributed by atoms with Crippen molar-refractivity contribution in [3.8, 4) is 11.5 Å². The molecule has 0 saturated heterocycles. The quantitative estimate of drug-likeness (QED) is 0.679. The van der Waals surface area contributed by atoms with E-state index in [-0.39, 0.29) is 0 Å². The number of halogens is 1. The summed E-state index contributed by atoms with van der Waals surface area (Å²) in [5, 5.41) is 0. The van der Waals surface area contributed by atoms with Crippen LogP contribution in [0.15, 0.2) is 24.3 Å². The smallest absolute Gasteiger partial charge is 0.161 e. The average molecular weight is 272 g/mol. The summed E-state index contributed by atoms with van der Waals surface area (Å²) in [4.78, 5) is 2.18. The van der Waals surface area contributed by atoms with Crippen LogP contribution in [0.1, 0.15) is 13.8 Å². The predicted octanol–water partition coefficient (Wildman–Crippen LogP) is 3.02. The maximum absolute atomic E-state index is 5.81. The molecule has 0 aromatic heterocycles. The second-order valence-corrected chi connectivity index (χ2v) is 4.52. The topological polar surface area (TPSA) is 21.7 Å². The molecular formula is C14H22ClNO2. The van der Waals surface area contributed by atoms with Gasteiger partial charge in [-0.1, -0.05) is 12.1 Å². The lowest BCUT2D eigenvalue weighted by Gasteiger charge is -2.22. The number of hydrogen-bond acceptors (Lipinski definition) is 3. The Morgan fingerprint density at radius 1 is 1.22 bits per heavy atom. The highest BCUT2D eigenvalue weighted by Crippen LogP contribution is 2.26. The lowest BCUT2D eigenvalue weighted by Crippen LogP contribution is -2.33. The van der Waals surface area contributed by atoms with Gasteiger partial charge in [0, 0.05) is 18.5 Å². The van der Waals surface area contributed by atoms with Gasteiger partial charge in [0.2, 0.25) is 0 Å². The van der Waals surface area contributed by atoms with E-state index in [9.17, 15) is 0 Å². The minimum Gasteiger partial charge on any atom is -0.490 e. The minimum atomic E-state index is 0.359. The van der Waals surface area contributed by atoms with Crippen LogP contribution in [0.3, 0.4) is 0 Å². The summed E-state index contributed by atoms with van der Waals surface area (Å²) >= 11 is 5.81. The summed E-state index contributed by atoms with van der Waals surface area (Å²) in [5.41, 5.74) is 0. The third-order valence-electron chi connectivity index (χ3n) is 2.83. The largest absolute Gasteiger partial charge is 0.490 e. The zero-order valence-corrected chi connectivity index (χ0v) is 12.1. The standard InChI is InChI=1S/C14H22ClNO2/c1-4-17-13-7-5-6-8-14(13)18-10-9-16(3)12(2)11-15/h5-8,12H,4,9-11H2,1-3H3. The van der Waals surface area contributed by atoms with Gasteiger partial charge in [0.25, 0.3) is 0 Å². The molecule has 0 N–H and O–H groups in total. The van der Waals surface area contributed by atoms with Crippen molar-refractivity contribution < 1.29 is 9.47 Å². The third kappa shape index (κ3) is 4.75. The van der Waals surface area contributed by atoms with Crippen LogP contribution in [0.2, 0.25) is 0 Å². The first-order valence-corrected chi connectivity index (χ1v) is 6.83. The van der Waals surface area contributed by atoms with Crippen LogP contribution >= 0.6 is 11.6 Å². The molecule has 1 atom stereocenters. The van der Waals surface area contributed by atoms with Gasteiger partial charge in [-0.2, -0.15) is 0 Å². The second kappa shape index (κ2) is 8.22. The lowest BCUT2D eigenvalue weighted by molar-refractivity contribution is 0.203. The van der Waals surface area contributed by atoms with Gasteiger partial charge < -0.3 is 9.47 Å². The van der Waals surface area contributed by atoms with Crippen molar-refractivity contribution in [1.29, 1.82) is 0 Å². The molecule has 0 fully saturated rings. The molecule has 0 aliphatic heterocycles. The van der Waals surface area contributed by atoms with E-state index in [0.717, 1.165) is 18.0 Å². The highest BCUT2D eigenvalue weighted by molar-refractivity contribution is 6.18. The van der Waals surface area contributed by atoms with Crippen molar-refractivity contribution in [3.05, 3.63) is 24.3 Å². The van der Waals surface area contributed by atoms with E-state index in [4.69, 9.17) is 21.1 Å². The lowest BCUT2D eigenvalue weighted by atomic mass is 10.3. The predicted molar refractivity (Wildman–Crippen MR) is 75.9 cm³/mol. The molecule has 0 spiro atoms. The van der Waals surface area contributed by atoms with E-state index in [1.54, 1.807) is 0 Å². The Balaban J connectivity index is 2.43. The fourth-order valence-corrected chi connectivity index (χ4v) is 1.72. The van der Waals surface area contributed by atoms with Crippen molar-refractivity contribution in [2.24, 2.45) is 0 Å². The normalized spacial score (nSPS) is 12.5. The third-order valence-corrected chi connectivity index (χ3v) is 3.27. The summed E-state index contributed by atoms with van der Waals surface area (Å²) < 4.78 is 11.2. The number of likely N-dealkylation sites (N-methyl/N-ethyl adjacent to an activating group) is 1. The van der Waals surface area contributed by atoms with Gasteiger partial charge in [0.1, 0.15) is 6.61 Å². The van der Waals surface area contributed by atoms with Gasteiger partial charge in [-0.3, -0.25) is 4.90 Å². The van der Waals surface area contributed by atoms with E-state index in [1.165, 1.54) is 0 Å². The molecule has 4 heteroatoms. The van der Waals surface area contributed by atoms with Crippen molar-refractivity contribution in [3.63, 3.8) is 0 Å². The molecule has 1 unspecified atom stereocenters. The van der Waals surface area contributed by atoms with Crippen molar-refractivity contribution in [1.82, 2.24) is 4.90 Å². The van der Waals surface area contributed by atoms with Crippen molar-refractivity contribution in [2.45, 2.75) is 19.9 Å². The van der Waals surface area contributed by atoms with Gasteiger partial charge >= 0.3 is 0 Å². The molecule has 1 aromatic carbocycles. The summed E-state index contributed by atoms with van der Waals surface area (Å²) in [6.07, 6.45) is 0. The summed E-state index contributed by atoms with van der Waals surface area (Å²) in [6, 6.07) is 8.10. The zero-order chi connectivity index (χ0) is 13.4. The molecule has 0 bridgehead atoms. The Morgan fingerprint density at radius 2 is 1.83 bits per heavy atom.